The molecule has 0 aliphatic carbocycles. The normalized spacial score (nSPS) is 15.8. The lowest BCUT2D eigenvalue weighted by Crippen LogP contribution is -2.49. The van der Waals surface area contributed by atoms with Crippen molar-refractivity contribution in [3.63, 3.8) is 0 Å². The Morgan fingerprint density at radius 1 is 1.08 bits per heavy atom. The Hall–Kier alpha value is -3.78. The molecule has 2 N–H and O–H groups in total. The third kappa shape index (κ3) is 6.07. The van der Waals surface area contributed by atoms with Gasteiger partial charge in [-0.05, 0) is 30.4 Å². The second kappa shape index (κ2) is 10.9. The minimum atomic E-state index is -1.09. The molecule has 0 saturated carbocycles. The van der Waals surface area contributed by atoms with Crippen molar-refractivity contribution in [2.24, 2.45) is 0 Å². The number of amides is 2. The van der Waals surface area contributed by atoms with E-state index in [2.05, 4.69) is 10.3 Å². The zero-order valence-electron chi connectivity index (χ0n) is 20.7. The number of rotatable bonds is 7. The molecule has 188 valence electrons. The summed E-state index contributed by atoms with van der Waals surface area (Å²) >= 11 is 0. The molecule has 36 heavy (non-hydrogen) atoms. The summed E-state index contributed by atoms with van der Waals surface area (Å²) < 4.78 is 1.40. The van der Waals surface area contributed by atoms with Gasteiger partial charge in [0.25, 0.3) is 5.56 Å². The summed E-state index contributed by atoms with van der Waals surface area (Å²) in [5.74, 6) is -0.00904. The summed E-state index contributed by atoms with van der Waals surface area (Å²) in [7, 11) is 0. The van der Waals surface area contributed by atoms with Gasteiger partial charge in [-0.25, -0.2) is 4.98 Å². The smallest absolute Gasteiger partial charge is 0.253 e. The first-order valence-corrected chi connectivity index (χ1v) is 12.2. The minimum absolute atomic E-state index is 0.0782. The summed E-state index contributed by atoms with van der Waals surface area (Å²) in [6.45, 7) is 4.47. The van der Waals surface area contributed by atoms with Gasteiger partial charge in [0.15, 0.2) is 0 Å². The average Bonchev–Trinajstić information content (AvgIpc) is 2.86. The zero-order chi connectivity index (χ0) is 25.7. The number of para-hydroxylation sites is 1. The van der Waals surface area contributed by atoms with E-state index in [0.717, 1.165) is 5.56 Å². The second-order valence-corrected chi connectivity index (χ2v) is 9.59. The third-order valence-electron chi connectivity index (χ3n) is 6.75. The van der Waals surface area contributed by atoms with E-state index in [1.54, 1.807) is 23.1 Å². The van der Waals surface area contributed by atoms with Gasteiger partial charge in [0.05, 0.1) is 29.9 Å². The number of carbonyl (C=O) groups is 2. The van der Waals surface area contributed by atoms with Gasteiger partial charge in [-0.15, -0.1) is 0 Å². The van der Waals surface area contributed by atoms with Crippen LogP contribution < -0.4 is 10.9 Å². The van der Waals surface area contributed by atoms with Crippen LogP contribution in [-0.2, 0) is 16.1 Å². The van der Waals surface area contributed by atoms with Crippen molar-refractivity contribution >= 4 is 17.5 Å². The maximum atomic E-state index is 12.9. The topological polar surface area (TPSA) is 105 Å². The second-order valence-electron chi connectivity index (χ2n) is 9.59. The van der Waals surface area contributed by atoms with Crippen molar-refractivity contribution in [1.29, 1.82) is 0 Å². The predicted molar refractivity (Wildman–Crippen MR) is 138 cm³/mol. The Morgan fingerprint density at radius 3 is 2.42 bits per heavy atom. The molecule has 0 spiro atoms. The van der Waals surface area contributed by atoms with Gasteiger partial charge in [0, 0.05) is 38.1 Å². The molecule has 8 heteroatoms. The highest BCUT2D eigenvalue weighted by molar-refractivity contribution is 5.93. The van der Waals surface area contributed by atoms with E-state index < -0.39 is 5.60 Å². The average molecular weight is 489 g/mol. The molecular weight excluding hydrogens is 456 g/mol. The van der Waals surface area contributed by atoms with Gasteiger partial charge in [-0.2, -0.15) is 0 Å². The van der Waals surface area contributed by atoms with Gasteiger partial charge < -0.3 is 15.3 Å². The number of nitrogens with one attached hydrogen (secondary N) is 1. The van der Waals surface area contributed by atoms with E-state index in [1.165, 1.54) is 23.9 Å². The third-order valence-corrected chi connectivity index (χ3v) is 6.75. The molecule has 2 heterocycles. The lowest BCUT2D eigenvalue weighted by molar-refractivity contribution is -0.136. The highest BCUT2D eigenvalue weighted by Gasteiger charge is 2.35. The molecule has 0 bridgehead atoms. The highest BCUT2D eigenvalue weighted by atomic mass is 16.3. The van der Waals surface area contributed by atoms with Crippen LogP contribution in [0.1, 0.15) is 44.6 Å². The zero-order valence-corrected chi connectivity index (χ0v) is 20.7. The number of anilines is 1. The van der Waals surface area contributed by atoms with Crippen LogP contribution in [-0.4, -0.2) is 50.1 Å². The lowest BCUT2D eigenvalue weighted by Gasteiger charge is -2.38. The molecule has 4 rings (SSSR count). The van der Waals surface area contributed by atoms with Crippen LogP contribution in [0.4, 0.5) is 5.69 Å². The molecule has 3 aromatic rings. The molecular formula is C28H32N4O4. The number of benzene rings is 2. The van der Waals surface area contributed by atoms with Crippen LogP contribution in [0.2, 0.25) is 0 Å². The van der Waals surface area contributed by atoms with Gasteiger partial charge in [0.2, 0.25) is 11.8 Å². The molecule has 1 aliphatic heterocycles. The van der Waals surface area contributed by atoms with E-state index in [4.69, 9.17) is 0 Å². The largest absolute Gasteiger partial charge is 0.388 e. The van der Waals surface area contributed by atoms with Gasteiger partial charge >= 0.3 is 0 Å². The number of carbonyl (C=O) groups excluding carboxylic acids is 2. The number of hydrogen-bond donors (Lipinski definition) is 2. The maximum absolute atomic E-state index is 12.9. The monoisotopic (exact) mass is 488 g/mol. The Balaban J connectivity index is 1.38. The SMILES string of the molecule is CC(=O)Nc1ccccc1-c1cc(=O)n(CC2(O)CCN(C(=O)CC(C)c3ccccc3)CC2)cn1. The van der Waals surface area contributed by atoms with Crippen molar-refractivity contribution in [3.8, 4) is 11.3 Å². The Kier molecular flexibility index (Phi) is 7.64. The van der Waals surface area contributed by atoms with E-state index in [1.807, 2.05) is 43.3 Å². The molecule has 2 amide bonds. The van der Waals surface area contributed by atoms with Crippen LogP contribution in [0, 0.1) is 0 Å². The highest BCUT2D eigenvalue weighted by Crippen LogP contribution is 2.28. The van der Waals surface area contributed by atoms with Gasteiger partial charge in [0.1, 0.15) is 0 Å². The van der Waals surface area contributed by atoms with E-state index in [9.17, 15) is 19.5 Å². The van der Waals surface area contributed by atoms with Crippen LogP contribution >= 0.6 is 0 Å². The lowest BCUT2D eigenvalue weighted by atomic mass is 9.90. The van der Waals surface area contributed by atoms with E-state index >= 15 is 0 Å². The molecule has 1 aliphatic rings. The van der Waals surface area contributed by atoms with E-state index in [0.29, 0.717) is 49.3 Å². The number of hydrogen-bond acceptors (Lipinski definition) is 5. The van der Waals surface area contributed by atoms with Crippen LogP contribution in [0.15, 0.2) is 71.8 Å². The quantitative estimate of drug-likeness (QED) is 0.530. The molecule has 8 nitrogen and oxygen atoms in total. The number of aromatic nitrogens is 2. The van der Waals surface area contributed by atoms with Gasteiger partial charge in [-0.3, -0.25) is 19.0 Å². The number of nitrogens with zero attached hydrogens (tertiary/aromatic N) is 3. The fraction of sp³-hybridized carbons (Fsp3) is 0.357. The fourth-order valence-corrected chi connectivity index (χ4v) is 4.64. The molecule has 1 atom stereocenters. The molecule has 0 radical (unpaired) electrons. The first-order chi connectivity index (χ1) is 17.2. The van der Waals surface area contributed by atoms with Gasteiger partial charge in [-0.1, -0.05) is 55.5 Å². The molecule has 2 aromatic carbocycles. The summed E-state index contributed by atoms with van der Waals surface area (Å²) in [6.07, 6.45) is 2.63. The summed E-state index contributed by atoms with van der Waals surface area (Å²) in [5.41, 5.74) is 1.42. The van der Waals surface area contributed by atoms with Crippen molar-refractivity contribution in [3.05, 3.63) is 82.9 Å². The molecule has 1 saturated heterocycles. The first-order valence-electron chi connectivity index (χ1n) is 12.2. The van der Waals surface area contributed by atoms with Crippen molar-refractivity contribution < 1.29 is 14.7 Å². The van der Waals surface area contributed by atoms with Crippen molar-refractivity contribution in [2.45, 2.75) is 51.2 Å². The van der Waals surface area contributed by atoms with Crippen LogP contribution in [0.25, 0.3) is 11.3 Å². The maximum Gasteiger partial charge on any atom is 0.253 e. The molecule has 1 aromatic heterocycles. The summed E-state index contributed by atoms with van der Waals surface area (Å²) in [6, 6.07) is 18.5. The number of likely N-dealkylation sites (tertiary alicyclic amines) is 1. The Labute approximate surface area is 210 Å². The minimum Gasteiger partial charge on any atom is -0.388 e. The standard InChI is InChI=1S/C28H32N4O4/c1-20(22-8-4-3-5-9-22)16-26(34)31-14-12-28(36,13-15-31)18-32-19-29-25(17-27(32)35)23-10-6-7-11-24(23)30-21(2)33/h3-11,17,19-20,36H,12-16,18H2,1-2H3,(H,30,33). The number of piperidine rings is 1. The Morgan fingerprint density at radius 2 is 1.75 bits per heavy atom. The molecule has 1 unspecified atom stereocenters. The fourth-order valence-electron chi connectivity index (χ4n) is 4.64. The van der Waals surface area contributed by atoms with Crippen molar-refractivity contribution in [2.75, 3.05) is 18.4 Å². The van der Waals surface area contributed by atoms with Crippen LogP contribution in [0.3, 0.4) is 0 Å². The van der Waals surface area contributed by atoms with E-state index in [-0.39, 0.29) is 29.8 Å². The number of aliphatic hydroxyl groups is 1. The Bertz CT molecular complexity index is 1280. The first kappa shape index (κ1) is 25.3. The molecule has 1 fully saturated rings. The summed E-state index contributed by atoms with van der Waals surface area (Å²) in [5, 5.41) is 13.9. The summed E-state index contributed by atoms with van der Waals surface area (Å²) in [4.78, 5) is 43.4. The van der Waals surface area contributed by atoms with Crippen LogP contribution in [0.5, 0.6) is 0 Å². The van der Waals surface area contributed by atoms with Crippen molar-refractivity contribution in [1.82, 2.24) is 14.5 Å². The predicted octanol–water partition coefficient (Wildman–Crippen LogP) is 3.42.